The predicted molar refractivity (Wildman–Crippen MR) is 117 cm³/mol. The standard InChI is InChI=1S/C22H20F3N5O4/c1-26-19(31)12-34-15-4-2-3-13(9-15)29-21-27-11-16(22(23,24)25)20(30-21)28-14-5-6-17-18(10-14)33-8-7-32-17/h2-6,9-11H,7-8,12H2,1H3,(H,26,31)(H2,27,28,29,30). The highest BCUT2D eigenvalue weighted by atomic mass is 19.4. The lowest BCUT2D eigenvalue weighted by atomic mass is 10.2. The molecule has 3 N–H and O–H groups in total. The van der Waals surface area contributed by atoms with E-state index in [2.05, 4.69) is 25.9 Å². The first kappa shape index (κ1) is 23.0. The molecule has 2 aromatic carbocycles. The lowest BCUT2D eigenvalue weighted by Crippen LogP contribution is -2.24. The summed E-state index contributed by atoms with van der Waals surface area (Å²) in [5, 5.41) is 7.97. The second-order valence-corrected chi connectivity index (χ2v) is 7.05. The monoisotopic (exact) mass is 475 g/mol. The quantitative estimate of drug-likeness (QED) is 0.473. The van der Waals surface area contributed by atoms with Gasteiger partial charge >= 0.3 is 6.18 Å². The maximum atomic E-state index is 13.6. The van der Waals surface area contributed by atoms with Crippen molar-refractivity contribution in [2.24, 2.45) is 0 Å². The van der Waals surface area contributed by atoms with Crippen molar-refractivity contribution in [3.63, 3.8) is 0 Å². The average Bonchev–Trinajstić information content (AvgIpc) is 2.82. The number of ether oxygens (including phenoxy) is 3. The molecule has 0 fully saturated rings. The highest BCUT2D eigenvalue weighted by Crippen LogP contribution is 2.38. The predicted octanol–water partition coefficient (Wildman–Crippen LogP) is 3.88. The van der Waals surface area contributed by atoms with Crippen molar-refractivity contribution in [2.45, 2.75) is 6.18 Å². The zero-order valence-electron chi connectivity index (χ0n) is 17.9. The summed E-state index contributed by atoms with van der Waals surface area (Å²) in [6.07, 6.45) is -3.98. The summed E-state index contributed by atoms with van der Waals surface area (Å²) in [4.78, 5) is 19.2. The lowest BCUT2D eigenvalue weighted by Gasteiger charge is -2.20. The van der Waals surface area contributed by atoms with Gasteiger partial charge in [-0.3, -0.25) is 4.79 Å². The molecule has 1 aliphatic rings. The summed E-state index contributed by atoms with van der Waals surface area (Å²) in [7, 11) is 1.49. The molecule has 3 aromatic rings. The Hall–Kier alpha value is -4.22. The summed E-state index contributed by atoms with van der Waals surface area (Å²) >= 11 is 0. The third-order valence-electron chi connectivity index (χ3n) is 4.64. The zero-order valence-corrected chi connectivity index (χ0v) is 17.9. The number of carbonyl (C=O) groups excluding carboxylic acids is 1. The molecule has 1 amide bonds. The highest BCUT2D eigenvalue weighted by molar-refractivity contribution is 5.77. The number of amides is 1. The number of nitrogens with one attached hydrogen (secondary N) is 3. The number of hydrogen-bond donors (Lipinski definition) is 3. The number of likely N-dealkylation sites (N-methyl/N-ethyl adjacent to an activating group) is 1. The van der Waals surface area contributed by atoms with Crippen LogP contribution >= 0.6 is 0 Å². The van der Waals surface area contributed by atoms with E-state index in [9.17, 15) is 18.0 Å². The van der Waals surface area contributed by atoms with Crippen molar-refractivity contribution in [3.05, 3.63) is 54.2 Å². The summed E-state index contributed by atoms with van der Waals surface area (Å²) in [6, 6.07) is 11.2. The van der Waals surface area contributed by atoms with Gasteiger partial charge in [-0.2, -0.15) is 18.2 Å². The number of alkyl halides is 3. The maximum Gasteiger partial charge on any atom is 0.421 e. The molecule has 0 atom stereocenters. The molecule has 9 nitrogen and oxygen atoms in total. The zero-order chi connectivity index (χ0) is 24.1. The fraction of sp³-hybridized carbons (Fsp3) is 0.227. The average molecular weight is 475 g/mol. The minimum Gasteiger partial charge on any atom is -0.486 e. The Balaban J connectivity index is 1.57. The first-order valence-electron chi connectivity index (χ1n) is 10.1. The molecule has 0 aliphatic carbocycles. The number of fused-ring (bicyclic) bond motifs is 1. The molecule has 1 aliphatic heterocycles. The van der Waals surface area contributed by atoms with Gasteiger partial charge in [0, 0.05) is 36.8 Å². The summed E-state index contributed by atoms with van der Waals surface area (Å²) < 4.78 is 57.0. The molecule has 12 heteroatoms. The SMILES string of the molecule is CNC(=O)COc1cccc(Nc2ncc(C(F)(F)F)c(Nc3ccc4c(c3)OCCO4)n2)c1. The van der Waals surface area contributed by atoms with Crippen molar-refractivity contribution in [3.8, 4) is 17.2 Å². The molecule has 4 rings (SSSR count). The second-order valence-electron chi connectivity index (χ2n) is 7.05. The van der Waals surface area contributed by atoms with Crippen molar-refractivity contribution < 1.29 is 32.2 Å². The van der Waals surface area contributed by atoms with Gasteiger partial charge < -0.3 is 30.2 Å². The van der Waals surface area contributed by atoms with E-state index in [0.717, 1.165) is 0 Å². The molecule has 0 unspecified atom stereocenters. The molecule has 0 saturated carbocycles. The van der Waals surface area contributed by atoms with Crippen LogP contribution in [0, 0.1) is 0 Å². The smallest absolute Gasteiger partial charge is 0.421 e. The van der Waals surface area contributed by atoms with Gasteiger partial charge in [-0.25, -0.2) is 4.98 Å². The Morgan fingerprint density at radius 1 is 1.06 bits per heavy atom. The van der Waals surface area contributed by atoms with Crippen LogP contribution < -0.4 is 30.2 Å². The summed E-state index contributed by atoms with van der Waals surface area (Å²) in [6.45, 7) is 0.565. The van der Waals surface area contributed by atoms with Gasteiger partial charge in [-0.1, -0.05) is 6.07 Å². The number of carbonyl (C=O) groups is 1. The Morgan fingerprint density at radius 2 is 1.82 bits per heavy atom. The number of halogens is 3. The van der Waals surface area contributed by atoms with Crippen LogP contribution in [-0.4, -0.2) is 42.7 Å². The number of benzene rings is 2. The highest BCUT2D eigenvalue weighted by Gasteiger charge is 2.35. The van der Waals surface area contributed by atoms with E-state index >= 15 is 0 Å². The largest absolute Gasteiger partial charge is 0.486 e. The van der Waals surface area contributed by atoms with Gasteiger partial charge in [0.1, 0.15) is 30.3 Å². The van der Waals surface area contributed by atoms with E-state index in [1.54, 1.807) is 36.4 Å². The maximum absolute atomic E-state index is 13.6. The van der Waals surface area contributed by atoms with Gasteiger partial charge in [0.15, 0.2) is 18.1 Å². The van der Waals surface area contributed by atoms with E-state index in [1.165, 1.54) is 13.1 Å². The van der Waals surface area contributed by atoms with Crippen molar-refractivity contribution in [1.29, 1.82) is 0 Å². The third-order valence-corrected chi connectivity index (χ3v) is 4.64. The summed E-state index contributed by atoms with van der Waals surface area (Å²) in [5.41, 5.74) is -0.237. The number of hydrogen-bond acceptors (Lipinski definition) is 8. The molecular formula is C22H20F3N5O4. The third kappa shape index (κ3) is 5.57. The fourth-order valence-corrected chi connectivity index (χ4v) is 3.02. The van der Waals surface area contributed by atoms with Crippen molar-refractivity contribution in [1.82, 2.24) is 15.3 Å². The van der Waals surface area contributed by atoms with Crippen LogP contribution in [0.25, 0.3) is 0 Å². The van der Waals surface area contributed by atoms with E-state index in [-0.39, 0.29) is 18.5 Å². The molecular weight excluding hydrogens is 455 g/mol. The van der Waals surface area contributed by atoms with Gasteiger partial charge in [0.2, 0.25) is 5.95 Å². The van der Waals surface area contributed by atoms with Crippen LogP contribution in [0.15, 0.2) is 48.7 Å². The van der Waals surface area contributed by atoms with Gasteiger partial charge in [-0.05, 0) is 24.3 Å². The van der Waals surface area contributed by atoms with Crippen LogP contribution in [0.2, 0.25) is 0 Å². The minimum absolute atomic E-state index is 0.0727. The Morgan fingerprint density at radius 3 is 2.59 bits per heavy atom. The molecule has 0 bridgehead atoms. The lowest BCUT2D eigenvalue weighted by molar-refractivity contribution is -0.137. The first-order chi connectivity index (χ1) is 16.3. The van der Waals surface area contributed by atoms with Crippen LogP contribution in [0.3, 0.4) is 0 Å². The number of rotatable bonds is 7. The van der Waals surface area contributed by atoms with E-state index in [4.69, 9.17) is 14.2 Å². The number of anilines is 4. The van der Waals surface area contributed by atoms with Gasteiger partial charge in [-0.15, -0.1) is 0 Å². The van der Waals surface area contributed by atoms with Crippen LogP contribution in [0.4, 0.5) is 36.3 Å². The number of aromatic nitrogens is 2. The van der Waals surface area contributed by atoms with E-state index in [1.807, 2.05) is 0 Å². The molecule has 1 aromatic heterocycles. The second kappa shape index (κ2) is 9.73. The molecule has 0 spiro atoms. The van der Waals surface area contributed by atoms with E-state index < -0.39 is 17.6 Å². The molecule has 0 radical (unpaired) electrons. The van der Waals surface area contributed by atoms with Crippen LogP contribution in [0.5, 0.6) is 17.2 Å². The molecule has 2 heterocycles. The van der Waals surface area contributed by atoms with Crippen molar-refractivity contribution >= 4 is 29.0 Å². The van der Waals surface area contributed by atoms with E-state index in [0.29, 0.717) is 48.0 Å². The summed E-state index contributed by atoms with van der Waals surface area (Å²) in [5.74, 6) is 0.502. The minimum atomic E-state index is -4.68. The Kier molecular flexibility index (Phi) is 6.57. The Bertz CT molecular complexity index is 1190. The first-order valence-corrected chi connectivity index (χ1v) is 10.1. The van der Waals surface area contributed by atoms with Crippen LogP contribution in [-0.2, 0) is 11.0 Å². The number of nitrogens with zero attached hydrogens (tertiary/aromatic N) is 2. The van der Waals surface area contributed by atoms with Gasteiger partial charge in [0.05, 0.1) is 0 Å². The molecule has 0 saturated heterocycles. The normalized spacial score (nSPS) is 12.6. The fourth-order valence-electron chi connectivity index (χ4n) is 3.02. The van der Waals surface area contributed by atoms with Crippen LogP contribution in [0.1, 0.15) is 5.56 Å². The van der Waals surface area contributed by atoms with Crippen molar-refractivity contribution in [2.75, 3.05) is 37.5 Å². The topological polar surface area (TPSA) is 107 Å². The Labute approximate surface area is 192 Å². The molecule has 178 valence electrons. The molecule has 34 heavy (non-hydrogen) atoms. The van der Waals surface area contributed by atoms with Gasteiger partial charge in [0.25, 0.3) is 5.91 Å².